The number of hydrogen-bond donors (Lipinski definition) is 1. The average molecular weight is 589 g/mol. The maximum atomic E-state index is 13.8. The summed E-state index contributed by atoms with van der Waals surface area (Å²) in [7, 11) is 1.65. The number of aryl methyl sites for hydroxylation is 1. The molecular formula is C32H33ClN4O3S. The third kappa shape index (κ3) is 6.14. The van der Waals surface area contributed by atoms with Gasteiger partial charge in [0.1, 0.15) is 18.1 Å². The molecule has 7 nitrogen and oxygen atoms in total. The van der Waals surface area contributed by atoms with Crippen LogP contribution in [0.3, 0.4) is 0 Å². The van der Waals surface area contributed by atoms with Crippen LogP contribution in [0.2, 0.25) is 5.02 Å². The van der Waals surface area contributed by atoms with Gasteiger partial charge in [-0.1, -0.05) is 73.5 Å². The van der Waals surface area contributed by atoms with E-state index < -0.39 is 0 Å². The van der Waals surface area contributed by atoms with E-state index in [9.17, 15) is 9.59 Å². The van der Waals surface area contributed by atoms with Gasteiger partial charge in [-0.3, -0.25) is 14.5 Å². The summed E-state index contributed by atoms with van der Waals surface area (Å²) < 4.78 is 7.56. The Morgan fingerprint density at radius 1 is 1.10 bits per heavy atom. The van der Waals surface area contributed by atoms with Crippen molar-refractivity contribution in [2.75, 3.05) is 30.9 Å². The molecule has 1 aliphatic heterocycles. The van der Waals surface area contributed by atoms with E-state index in [1.807, 2.05) is 93.6 Å². The van der Waals surface area contributed by atoms with Crippen molar-refractivity contribution in [3.8, 4) is 22.7 Å². The number of anilines is 1. The first-order chi connectivity index (χ1) is 19.8. The lowest BCUT2D eigenvalue weighted by Gasteiger charge is -2.24. The molecular weight excluding hydrogens is 556 g/mol. The zero-order chi connectivity index (χ0) is 29.1. The number of carbonyl (C=O) groups excluding carboxylic acids is 2. The first-order valence-electron chi connectivity index (χ1n) is 13.5. The van der Waals surface area contributed by atoms with E-state index in [-0.39, 0.29) is 35.3 Å². The Morgan fingerprint density at radius 2 is 1.80 bits per heavy atom. The van der Waals surface area contributed by atoms with Crippen molar-refractivity contribution >= 4 is 41.0 Å². The first-order valence-corrected chi connectivity index (χ1v) is 15.0. The molecule has 0 fully saturated rings. The van der Waals surface area contributed by atoms with Gasteiger partial charge in [-0.2, -0.15) is 5.10 Å². The van der Waals surface area contributed by atoms with Crippen LogP contribution in [0.25, 0.3) is 16.9 Å². The van der Waals surface area contributed by atoms with Crippen molar-refractivity contribution in [1.29, 1.82) is 0 Å². The Kier molecular flexibility index (Phi) is 8.71. The lowest BCUT2D eigenvalue weighted by atomic mass is 9.99. The van der Waals surface area contributed by atoms with E-state index in [1.54, 1.807) is 16.7 Å². The Labute approximate surface area is 249 Å². The molecule has 0 bridgehead atoms. The molecule has 4 aromatic rings. The number of carbonyl (C=O) groups is 2. The molecule has 212 valence electrons. The number of ether oxygens (including phenoxy) is 1. The van der Waals surface area contributed by atoms with Crippen molar-refractivity contribution in [2.24, 2.45) is 5.92 Å². The van der Waals surface area contributed by atoms with Gasteiger partial charge < -0.3 is 10.1 Å². The molecule has 1 atom stereocenters. The van der Waals surface area contributed by atoms with E-state index in [0.717, 1.165) is 33.7 Å². The van der Waals surface area contributed by atoms with Crippen LogP contribution in [0.4, 0.5) is 5.82 Å². The van der Waals surface area contributed by atoms with E-state index in [1.165, 1.54) is 11.8 Å². The van der Waals surface area contributed by atoms with Gasteiger partial charge in [0.05, 0.1) is 29.5 Å². The second kappa shape index (κ2) is 12.4. The SMILES string of the molecule is COc1ccccc1[C@@H]1SCC(=O)N(CC(=O)NCC(C)C)c2c1c(-c1ccc(Cl)cc1)nn2-c1ccc(C)cc1. The van der Waals surface area contributed by atoms with Crippen LogP contribution in [0, 0.1) is 12.8 Å². The van der Waals surface area contributed by atoms with Gasteiger partial charge in [0.25, 0.3) is 0 Å². The number of hydrogen-bond acceptors (Lipinski definition) is 5. The number of halogens is 1. The summed E-state index contributed by atoms with van der Waals surface area (Å²) in [6.07, 6.45) is 0. The molecule has 1 N–H and O–H groups in total. The van der Waals surface area contributed by atoms with E-state index in [4.69, 9.17) is 21.4 Å². The van der Waals surface area contributed by atoms with E-state index in [0.29, 0.717) is 23.1 Å². The van der Waals surface area contributed by atoms with Gasteiger partial charge in [0.2, 0.25) is 11.8 Å². The molecule has 3 aromatic carbocycles. The second-order valence-corrected chi connectivity index (χ2v) is 12.0. The number of thioether (sulfide) groups is 1. The number of aromatic nitrogens is 2. The molecule has 2 heterocycles. The molecule has 2 amide bonds. The van der Waals surface area contributed by atoms with Crippen LogP contribution >= 0.6 is 23.4 Å². The fourth-order valence-corrected chi connectivity index (χ4v) is 6.20. The molecule has 5 rings (SSSR count). The minimum absolute atomic E-state index is 0.116. The molecule has 0 saturated heterocycles. The maximum Gasteiger partial charge on any atom is 0.240 e. The summed E-state index contributed by atoms with van der Waals surface area (Å²) in [6.45, 7) is 6.51. The maximum absolute atomic E-state index is 13.8. The van der Waals surface area contributed by atoms with Gasteiger partial charge in [-0.15, -0.1) is 11.8 Å². The molecule has 0 saturated carbocycles. The molecule has 41 heavy (non-hydrogen) atoms. The number of nitrogens with one attached hydrogen (secondary N) is 1. The lowest BCUT2D eigenvalue weighted by molar-refractivity contribution is -0.123. The van der Waals surface area contributed by atoms with Crippen LogP contribution < -0.4 is 15.0 Å². The van der Waals surface area contributed by atoms with Gasteiger partial charge >= 0.3 is 0 Å². The predicted molar refractivity (Wildman–Crippen MR) is 166 cm³/mol. The summed E-state index contributed by atoms with van der Waals surface area (Å²) in [5.74, 6) is 1.38. The fourth-order valence-electron chi connectivity index (χ4n) is 4.85. The normalized spacial score (nSPS) is 15.0. The van der Waals surface area contributed by atoms with Crippen molar-refractivity contribution in [1.82, 2.24) is 15.1 Å². The summed E-state index contributed by atoms with van der Waals surface area (Å²) in [5, 5.41) is 8.42. The number of methoxy groups -OCH3 is 1. The zero-order valence-corrected chi connectivity index (χ0v) is 25.1. The van der Waals surface area contributed by atoms with Gasteiger partial charge in [0, 0.05) is 28.3 Å². The minimum Gasteiger partial charge on any atom is -0.496 e. The Morgan fingerprint density at radius 3 is 2.49 bits per heavy atom. The van der Waals surface area contributed by atoms with Gasteiger partial charge in [0.15, 0.2) is 0 Å². The summed E-state index contributed by atoms with van der Waals surface area (Å²) in [4.78, 5) is 28.6. The van der Waals surface area contributed by atoms with Crippen LogP contribution in [-0.2, 0) is 9.59 Å². The Hall–Kier alpha value is -3.75. The molecule has 9 heteroatoms. The number of rotatable bonds is 8. The number of fused-ring (bicyclic) bond motifs is 1. The van der Waals surface area contributed by atoms with Crippen molar-refractivity contribution in [3.05, 3.63) is 94.5 Å². The Bertz CT molecular complexity index is 1550. The van der Waals surface area contributed by atoms with Crippen LogP contribution in [0.1, 0.15) is 35.8 Å². The molecule has 0 unspecified atom stereocenters. The lowest BCUT2D eigenvalue weighted by Crippen LogP contribution is -2.43. The van der Waals surface area contributed by atoms with Crippen molar-refractivity contribution in [3.63, 3.8) is 0 Å². The summed E-state index contributed by atoms with van der Waals surface area (Å²) in [5.41, 5.74) is 5.23. The monoisotopic (exact) mass is 588 g/mol. The summed E-state index contributed by atoms with van der Waals surface area (Å²) >= 11 is 7.76. The summed E-state index contributed by atoms with van der Waals surface area (Å²) in [6, 6.07) is 23.3. The zero-order valence-electron chi connectivity index (χ0n) is 23.6. The molecule has 1 aliphatic rings. The van der Waals surface area contributed by atoms with Crippen molar-refractivity contribution in [2.45, 2.75) is 26.0 Å². The third-order valence-electron chi connectivity index (χ3n) is 6.92. The highest BCUT2D eigenvalue weighted by molar-refractivity contribution is 8.00. The number of nitrogens with zero attached hydrogens (tertiary/aromatic N) is 3. The smallest absolute Gasteiger partial charge is 0.240 e. The minimum atomic E-state index is -0.293. The first kappa shape index (κ1) is 28.8. The number of para-hydroxylation sites is 1. The molecule has 0 aliphatic carbocycles. The second-order valence-electron chi connectivity index (χ2n) is 10.5. The number of benzene rings is 3. The topological polar surface area (TPSA) is 76.5 Å². The third-order valence-corrected chi connectivity index (χ3v) is 8.40. The molecule has 1 aromatic heterocycles. The number of amides is 2. The van der Waals surface area contributed by atoms with Gasteiger partial charge in [-0.25, -0.2) is 4.68 Å². The van der Waals surface area contributed by atoms with E-state index >= 15 is 0 Å². The molecule has 0 spiro atoms. The molecule has 0 radical (unpaired) electrons. The van der Waals surface area contributed by atoms with Crippen molar-refractivity contribution < 1.29 is 14.3 Å². The van der Waals surface area contributed by atoms with Crippen LogP contribution in [0.15, 0.2) is 72.8 Å². The quantitative estimate of drug-likeness (QED) is 0.256. The van der Waals surface area contributed by atoms with Crippen LogP contribution in [-0.4, -0.2) is 47.5 Å². The highest BCUT2D eigenvalue weighted by Crippen LogP contribution is 2.50. The standard InChI is InChI=1S/C32H33ClN4O3S/c1-20(2)17-34-27(38)18-36-28(39)19-41-31(25-7-5-6-8-26(25)40-4)29-30(22-11-13-23(33)14-12-22)35-37(32(29)36)24-15-9-21(3)10-16-24/h5-16,20,31H,17-19H2,1-4H3,(H,34,38)/t31-/m0/s1. The fraction of sp³-hybridized carbons (Fsp3) is 0.281. The van der Waals surface area contributed by atoms with Gasteiger partial charge in [-0.05, 0) is 43.2 Å². The largest absolute Gasteiger partial charge is 0.496 e. The Balaban J connectivity index is 1.79. The van der Waals surface area contributed by atoms with Crippen LogP contribution in [0.5, 0.6) is 5.75 Å². The average Bonchev–Trinajstić information content (AvgIpc) is 3.29. The van der Waals surface area contributed by atoms with E-state index in [2.05, 4.69) is 5.32 Å². The predicted octanol–water partition coefficient (Wildman–Crippen LogP) is 6.45. The highest BCUT2D eigenvalue weighted by Gasteiger charge is 2.38. The highest BCUT2D eigenvalue weighted by atomic mass is 35.5.